The average Bonchev–Trinajstić information content (AvgIpc) is 2.79. The Morgan fingerprint density at radius 1 is 0.656 bits per heavy atom. The molecular formula is C26H20Cl3NO2. The molecular weight excluding hydrogens is 465 g/mol. The summed E-state index contributed by atoms with van der Waals surface area (Å²) in [5.74, 6) is 2.03. The Balaban J connectivity index is 1.35. The Hall–Kier alpha value is -2.85. The highest BCUT2D eigenvalue weighted by Gasteiger charge is 2.11. The van der Waals surface area contributed by atoms with E-state index in [1.165, 1.54) is 0 Å². The number of nitrogens with one attached hydrogen (secondary N) is 1. The molecule has 4 aromatic carbocycles. The van der Waals surface area contributed by atoms with E-state index in [0.29, 0.717) is 34.0 Å². The molecule has 0 saturated carbocycles. The van der Waals surface area contributed by atoms with E-state index in [9.17, 15) is 0 Å². The summed E-state index contributed by atoms with van der Waals surface area (Å²) in [6.07, 6.45) is 0. The molecule has 32 heavy (non-hydrogen) atoms. The third-order valence-corrected chi connectivity index (χ3v) is 5.46. The molecule has 0 atom stereocenters. The molecule has 0 radical (unpaired) electrons. The minimum absolute atomic E-state index is 0.328. The second kappa shape index (κ2) is 10.6. The quantitative estimate of drug-likeness (QED) is 0.271. The third-order valence-electron chi connectivity index (χ3n) is 4.66. The van der Waals surface area contributed by atoms with E-state index in [4.69, 9.17) is 44.3 Å². The fraction of sp³-hybridized carbons (Fsp3) is 0.0769. The van der Waals surface area contributed by atoms with Crippen LogP contribution in [0.4, 0.5) is 5.69 Å². The molecule has 0 bridgehead atoms. The summed E-state index contributed by atoms with van der Waals surface area (Å²) in [5, 5.41) is 4.94. The number of rotatable bonds is 8. The average molecular weight is 485 g/mol. The first-order chi connectivity index (χ1) is 15.6. The minimum Gasteiger partial charge on any atom is -0.486 e. The molecule has 0 aromatic heterocycles. The molecule has 0 heterocycles. The Labute approximate surface area is 202 Å². The van der Waals surface area contributed by atoms with Crippen molar-refractivity contribution in [3.8, 4) is 17.2 Å². The first-order valence-corrected chi connectivity index (χ1v) is 11.1. The maximum atomic E-state index is 6.43. The van der Waals surface area contributed by atoms with Crippen LogP contribution in [-0.2, 0) is 13.2 Å². The predicted octanol–water partition coefficient (Wildman–Crippen LogP) is 8.63. The zero-order valence-electron chi connectivity index (χ0n) is 17.0. The molecule has 0 aliphatic rings. The number of para-hydroxylation sites is 1. The number of anilines is 1. The van der Waals surface area contributed by atoms with Crippen LogP contribution in [0.15, 0.2) is 91.0 Å². The Morgan fingerprint density at radius 2 is 1.34 bits per heavy atom. The van der Waals surface area contributed by atoms with Gasteiger partial charge in [0.15, 0.2) is 5.75 Å². The van der Waals surface area contributed by atoms with Gasteiger partial charge >= 0.3 is 0 Å². The van der Waals surface area contributed by atoms with Gasteiger partial charge in [-0.05, 0) is 71.8 Å². The van der Waals surface area contributed by atoms with E-state index in [0.717, 1.165) is 28.3 Å². The minimum atomic E-state index is 0.328. The summed E-state index contributed by atoms with van der Waals surface area (Å²) in [6, 6.07) is 28.6. The van der Waals surface area contributed by atoms with Gasteiger partial charge in [0.1, 0.15) is 18.1 Å². The predicted molar refractivity (Wildman–Crippen MR) is 133 cm³/mol. The normalized spacial score (nSPS) is 10.6. The van der Waals surface area contributed by atoms with Gasteiger partial charge in [0.05, 0.1) is 10.0 Å². The summed E-state index contributed by atoms with van der Waals surface area (Å²) in [6.45, 7) is 0.891. The van der Waals surface area contributed by atoms with Crippen molar-refractivity contribution in [3.63, 3.8) is 0 Å². The van der Waals surface area contributed by atoms with E-state index in [-0.39, 0.29) is 0 Å². The zero-order chi connectivity index (χ0) is 22.3. The summed E-state index contributed by atoms with van der Waals surface area (Å²) in [5.41, 5.74) is 2.84. The van der Waals surface area contributed by atoms with Crippen molar-refractivity contribution in [2.45, 2.75) is 13.2 Å². The topological polar surface area (TPSA) is 30.5 Å². The molecule has 4 rings (SSSR count). The van der Waals surface area contributed by atoms with E-state index in [2.05, 4.69) is 5.32 Å². The molecule has 0 saturated heterocycles. The van der Waals surface area contributed by atoms with Crippen molar-refractivity contribution in [2.24, 2.45) is 0 Å². The monoisotopic (exact) mass is 483 g/mol. The number of benzene rings is 4. The molecule has 0 spiro atoms. The van der Waals surface area contributed by atoms with E-state index in [1.807, 2.05) is 91.0 Å². The Morgan fingerprint density at radius 3 is 2.03 bits per heavy atom. The van der Waals surface area contributed by atoms with Crippen molar-refractivity contribution in [2.75, 3.05) is 5.32 Å². The molecule has 0 aliphatic heterocycles. The van der Waals surface area contributed by atoms with Gasteiger partial charge in [0, 0.05) is 17.3 Å². The van der Waals surface area contributed by atoms with Crippen LogP contribution < -0.4 is 14.8 Å². The van der Waals surface area contributed by atoms with Gasteiger partial charge in [-0.15, -0.1) is 0 Å². The first-order valence-electron chi connectivity index (χ1n) is 9.99. The van der Waals surface area contributed by atoms with Crippen LogP contribution >= 0.6 is 34.8 Å². The molecule has 0 fully saturated rings. The van der Waals surface area contributed by atoms with Crippen LogP contribution in [0.3, 0.4) is 0 Å². The SMILES string of the molecule is Clc1cccc(COc2c(Cl)cc(CNc3ccc(Oc4ccccc4)cc3)cc2Cl)c1. The van der Waals surface area contributed by atoms with Crippen molar-refractivity contribution in [1.82, 2.24) is 0 Å². The largest absolute Gasteiger partial charge is 0.486 e. The smallest absolute Gasteiger partial charge is 0.156 e. The van der Waals surface area contributed by atoms with E-state index in [1.54, 1.807) is 0 Å². The van der Waals surface area contributed by atoms with E-state index >= 15 is 0 Å². The first kappa shape index (κ1) is 22.3. The molecule has 4 aromatic rings. The highest BCUT2D eigenvalue weighted by Crippen LogP contribution is 2.35. The molecule has 162 valence electrons. The van der Waals surface area contributed by atoms with Gasteiger partial charge in [-0.3, -0.25) is 0 Å². The molecule has 0 aliphatic carbocycles. The lowest BCUT2D eigenvalue weighted by molar-refractivity contribution is 0.306. The molecule has 0 amide bonds. The second-order valence-electron chi connectivity index (χ2n) is 7.10. The lowest BCUT2D eigenvalue weighted by Gasteiger charge is -2.13. The fourth-order valence-corrected chi connectivity index (χ4v) is 3.96. The van der Waals surface area contributed by atoms with Crippen LogP contribution in [0, 0.1) is 0 Å². The fourth-order valence-electron chi connectivity index (χ4n) is 3.10. The summed E-state index contributed by atoms with van der Waals surface area (Å²) >= 11 is 18.9. The van der Waals surface area contributed by atoms with Crippen molar-refractivity contribution < 1.29 is 9.47 Å². The van der Waals surface area contributed by atoms with Gasteiger partial charge in [-0.25, -0.2) is 0 Å². The van der Waals surface area contributed by atoms with Gasteiger partial charge in [0.25, 0.3) is 0 Å². The summed E-state index contributed by atoms with van der Waals surface area (Å²) in [7, 11) is 0. The molecule has 6 heteroatoms. The van der Waals surface area contributed by atoms with Gasteiger partial charge in [-0.2, -0.15) is 0 Å². The number of hydrogen-bond donors (Lipinski definition) is 1. The Kier molecular flexibility index (Phi) is 7.43. The van der Waals surface area contributed by atoms with Crippen LogP contribution in [0.1, 0.15) is 11.1 Å². The summed E-state index contributed by atoms with van der Waals surface area (Å²) in [4.78, 5) is 0. The molecule has 0 unspecified atom stereocenters. The lowest BCUT2D eigenvalue weighted by Crippen LogP contribution is -2.01. The lowest BCUT2D eigenvalue weighted by atomic mass is 10.2. The molecule has 3 nitrogen and oxygen atoms in total. The number of hydrogen-bond acceptors (Lipinski definition) is 3. The van der Waals surface area contributed by atoms with Crippen molar-refractivity contribution >= 4 is 40.5 Å². The maximum absolute atomic E-state index is 6.43. The maximum Gasteiger partial charge on any atom is 0.156 e. The highest BCUT2D eigenvalue weighted by molar-refractivity contribution is 6.37. The molecule has 1 N–H and O–H groups in total. The highest BCUT2D eigenvalue weighted by atomic mass is 35.5. The number of ether oxygens (including phenoxy) is 2. The zero-order valence-corrected chi connectivity index (χ0v) is 19.3. The standard InChI is InChI=1S/C26H20Cl3NO2/c27-20-6-4-5-18(13-20)17-31-26-24(28)14-19(15-25(26)29)16-30-21-9-11-23(12-10-21)32-22-7-2-1-3-8-22/h1-15,30H,16-17H2. The summed E-state index contributed by atoms with van der Waals surface area (Å²) < 4.78 is 11.6. The van der Waals surface area contributed by atoms with Crippen LogP contribution in [0.25, 0.3) is 0 Å². The van der Waals surface area contributed by atoms with Gasteiger partial charge in [0.2, 0.25) is 0 Å². The van der Waals surface area contributed by atoms with E-state index < -0.39 is 0 Å². The third kappa shape index (κ3) is 6.10. The second-order valence-corrected chi connectivity index (χ2v) is 8.35. The Bertz CT molecular complexity index is 1160. The van der Waals surface area contributed by atoms with Gasteiger partial charge < -0.3 is 14.8 Å². The van der Waals surface area contributed by atoms with Crippen molar-refractivity contribution in [3.05, 3.63) is 117 Å². The van der Waals surface area contributed by atoms with Crippen molar-refractivity contribution in [1.29, 1.82) is 0 Å². The van der Waals surface area contributed by atoms with Crippen LogP contribution in [0.5, 0.6) is 17.2 Å². The van der Waals surface area contributed by atoms with Crippen LogP contribution in [-0.4, -0.2) is 0 Å². The number of halogens is 3. The van der Waals surface area contributed by atoms with Crippen LogP contribution in [0.2, 0.25) is 15.1 Å². The van der Waals surface area contributed by atoms with Gasteiger partial charge in [-0.1, -0.05) is 65.1 Å².